The van der Waals surface area contributed by atoms with E-state index < -0.39 is 0 Å². The first-order valence-electron chi connectivity index (χ1n) is 5.22. The number of ether oxygens (including phenoxy) is 1. The van der Waals surface area contributed by atoms with E-state index in [4.69, 9.17) is 4.74 Å². The average molecular weight is 226 g/mol. The van der Waals surface area contributed by atoms with Gasteiger partial charge in [-0.1, -0.05) is 5.16 Å². The molecule has 2 heterocycles. The van der Waals surface area contributed by atoms with Crippen LogP contribution in [0, 0.1) is 0 Å². The quantitative estimate of drug-likeness (QED) is 0.719. The van der Waals surface area contributed by atoms with Crippen LogP contribution in [-0.4, -0.2) is 60.5 Å². The summed E-state index contributed by atoms with van der Waals surface area (Å²) in [4.78, 5) is 13.7. The van der Waals surface area contributed by atoms with Gasteiger partial charge in [0.1, 0.15) is 6.20 Å². The van der Waals surface area contributed by atoms with Gasteiger partial charge in [0.2, 0.25) is 0 Å². The molecular formula is C9H14N4O3. The largest absolute Gasteiger partial charge is 0.379 e. The number of nitrogens with one attached hydrogen (secondary N) is 1. The molecule has 0 radical (unpaired) electrons. The van der Waals surface area contributed by atoms with Crippen LogP contribution in [0.15, 0.2) is 10.8 Å². The maximum atomic E-state index is 11.4. The van der Waals surface area contributed by atoms with E-state index in [1.54, 1.807) is 0 Å². The molecule has 0 unspecified atom stereocenters. The molecule has 1 saturated heterocycles. The number of hydrogen-bond donors (Lipinski definition) is 1. The van der Waals surface area contributed by atoms with Crippen molar-refractivity contribution in [1.29, 1.82) is 0 Å². The molecule has 0 aromatic carbocycles. The van der Waals surface area contributed by atoms with Crippen molar-refractivity contribution in [3.8, 4) is 0 Å². The molecule has 1 N–H and O–H groups in total. The second-order valence-electron chi connectivity index (χ2n) is 3.50. The number of aromatic nitrogens is 2. The Morgan fingerprint density at radius 2 is 2.31 bits per heavy atom. The van der Waals surface area contributed by atoms with Crippen molar-refractivity contribution in [2.45, 2.75) is 0 Å². The number of nitrogens with zero attached hydrogens (tertiary/aromatic N) is 3. The van der Waals surface area contributed by atoms with E-state index in [0.717, 1.165) is 32.8 Å². The number of carbonyl (C=O) groups is 1. The minimum atomic E-state index is -0.255. The molecule has 7 nitrogen and oxygen atoms in total. The smallest absolute Gasteiger partial charge is 0.275 e. The van der Waals surface area contributed by atoms with Crippen LogP contribution in [0.1, 0.15) is 10.5 Å². The Morgan fingerprint density at radius 1 is 1.50 bits per heavy atom. The van der Waals surface area contributed by atoms with Gasteiger partial charge in [0.25, 0.3) is 5.91 Å². The fourth-order valence-electron chi connectivity index (χ4n) is 1.51. The van der Waals surface area contributed by atoms with E-state index in [1.807, 2.05) is 0 Å². The van der Waals surface area contributed by atoms with Gasteiger partial charge < -0.3 is 10.1 Å². The maximum Gasteiger partial charge on any atom is 0.275 e. The normalized spacial score (nSPS) is 17.2. The lowest BCUT2D eigenvalue weighted by atomic mass is 10.4. The second-order valence-corrected chi connectivity index (χ2v) is 3.50. The Bertz CT molecular complexity index is 322. The third kappa shape index (κ3) is 3.01. The van der Waals surface area contributed by atoms with Gasteiger partial charge in [0, 0.05) is 26.2 Å². The van der Waals surface area contributed by atoms with Gasteiger partial charge in [-0.25, -0.2) is 4.63 Å². The summed E-state index contributed by atoms with van der Waals surface area (Å²) >= 11 is 0. The lowest BCUT2D eigenvalue weighted by molar-refractivity contribution is 0.0383. The van der Waals surface area contributed by atoms with Gasteiger partial charge in [-0.2, -0.15) is 0 Å². The van der Waals surface area contributed by atoms with Crippen LogP contribution < -0.4 is 5.32 Å². The van der Waals surface area contributed by atoms with Crippen molar-refractivity contribution in [3.63, 3.8) is 0 Å². The number of amides is 1. The monoisotopic (exact) mass is 226 g/mol. The summed E-state index contributed by atoms with van der Waals surface area (Å²) < 4.78 is 9.57. The fourth-order valence-corrected chi connectivity index (χ4v) is 1.51. The zero-order valence-corrected chi connectivity index (χ0v) is 8.89. The molecule has 0 aliphatic carbocycles. The summed E-state index contributed by atoms with van der Waals surface area (Å²) in [6, 6.07) is 0. The summed E-state index contributed by atoms with van der Waals surface area (Å²) in [5.41, 5.74) is 0.210. The van der Waals surface area contributed by atoms with Crippen molar-refractivity contribution in [1.82, 2.24) is 20.5 Å². The van der Waals surface area contributed by atoms with Crippen molar-refractivity contribution in [2.75, 3.05) is 39.4 Å². The lowest BCUT2D eigenvalue weighted by Gasteiger charge is -2.26. The first-order valence-corrected chi connectivity index (χ1v) is 5.22. The highest BCUT2D eigenvalue weighted by Gasteiger charge is 2.12. The lowest BCUT2D eigenvalue weighted by Crippen LogP contribution is -2.41. The van der Waals surface area contributed by atoms with Gasteiger partial charge in [-0.15, -0.1) is 0 Å². The van der Waals surface area contributed by atoms with Crippen LogP contribution in [0.4, 0.5) is 0 Å². The van der Waals surface area contributed by atoms with E-state index in [2.05, 4.69) is 25.2 Å². The highest BCUT2D eigenvalue weighted by atomic mass is 16.6. The standard InChI is InChI=1S/C9H14N4O3/c14-9(8-7-11-16-12-8)10-1-2-13-3-5-15-6-4-13/h7H,1-6H2,(H,10,14). The molecule has 1 aliphatic heterocycles. The Hall–Kier alpha value is -1.47. The van der Waals surface area contributed by atoms with E-state index in [1.165, 1.54) is 6.20 Å². The van der Waals surface area contributed by atoms with Gasteiger partial charge >= 0.3 is 0 Å². The number of rotatable bonds is 4. The molecule has 0 saturated carbocycles. The number of morpholine rings is 1. The minimum absolute atomic E-state index is 0.210. The summed E-state index contributed by atoms with van der Waals surface area (Å²) in [5, 5.41) is 9.57. The maximum absolute atomic E-state index is 11.4. The first-order chi connectivity index (χ1) is 7.86. The molecule has 16 heavy (non-hydrogen) atoms. The second kappa shape index (κ2) is 5.57. The molecule has 0 spiro atoms. The fraction of sp³-hybridized carbons (Fsp3) is 0.667. The van der Waals surface area contributed by atoms with Crippen molar-refractivity contribution >= 4 is 5.91 Å². The number of hydrogen-bond acceptors (Lipinski definition) is 6. The zero-order chi connectivity index (χ0) is 11.2. The Balaban J connectivity index is 1.66. The molecule has 7 heteroatoms. The van der Waals surface area contributed by atoms with Crippen molar-refractivity contribution in [2.24, 2.45) is 0 Å². The summed E-state index contributed by atoms with van der Waals surface area (Å²) in [7, 11) is 0. The highest BCUT2D eigenvalue weighted by molar-refractivity contribution is 5.91. The molecule has 1 aromatic heterocycles. The van der Waals surface area contributed by atoms with E-state index in [-0.39, 0.29) is 11.6 Å². The van der Waals surface area contributed by atoms with Gasteiger partial charge in [0.15, 0.2) is 5.69 Å². The predicted molar refractivity (Wildman–Crippen MR) is 53.9 cm³/mol. The SMILES string of the molecule is O=C(NCCN1CCOCC1)c1cnon1. The van der Waals surface area contributed by atoms with Crippen LogP contribution in [0.2, 0.25) is 0 Å². The van der Waals surface area contributed by atoms with Gasteiger partial charge in [0.05, 0.1) is 13.2 Å². The number of carbonyl (C=O) groups excluding carboxylic acids is 1. The first kappa shape index (κ1) is 11.0. The average Bonchev–Trinajstić information content (AvgIpc) is 2.84. The molecule has 2 rings (SSSR count). The Kier molecular flexibility index (Phi) is 3.84. The molecule has 1 aliphatic rings. The Morgan fingerprint density at radius 3 is 3.00 bits per heavy atom. The van der Waals surface area contributed by atoms with E-state index in [0.29, 0.717) is 6.54 Å². The van der Waals surface area contributed by atoms with Crippen LogP contribution in [-0.2, 0) is 4.74 Å². The zero-order valence-electron chi connectivity index (χ0n) is 8.89. The molecule has 0 atom stereocenters. The minimum Gasteiger partial charge on any atom is -0.379 e. The van der Waals surface area contributed by atoms with E-state index in [9.17, 15) is 4.79 Å². The van der Waals surface area contributed by atoms with Gasteiger partial charge in [-0.3, -0.25) is 9.69 Å². The summed E-state index contributed by atoms with van der Waals surface area (Å²) in [5.74, 6) is -0.255. The third-order valence-corrected chi connectivity index (χ3v) is 2.41. The van der Waals surface area contributed by atoms with Gasteiger partial charge in [-0.05, 0) is 5.16 Å². The van der Waals surface area contributed by atoms with Crippen molar-refractivity contribution in [3.05, 3.63) is 11.9 Å². The molecule has 1 fully saturated rings. The van der Waals surface area contributed by atoms with Crippen LogP contribution in [0.25, 0.3) is 0 Å². The molecule has 1 aromatic rings. The third-order valence-electron chi connectivity index (χ3n) is 2.41. The molecular weight excluding hydrogens is 212 g/mol. The van der Waals surface area contributed by atoms with E-state index >= 15 is 0 Å². The van der Waals surface area contributed by atoms with Crippen molar-refractivity contribution < 1.29 is 14.2 Å². The molecule has 88 valence electrons. The highest BCUT2D eigenvalue weighted by Crippen LogP contribution is 1.95. The van der Waals surface area contributed by atoms with Crippen LogP contribution in [0.5, 0.6) is 0 Å². The summed E-state index contributed by atoms with van der Waals surface area (Å²) in [6.07, 6.45) is 1.30. The predicted octanol–water partition coefficient (Wildman–Crippen LogP) is -0.868. The Labute approximate surface area is 92.7 Å². The molecule has 0 bridgehead atoms. The topological polar surface area (TPSA) is 80.5 Å². The molecule has 1 amide bonds. The van der Waals surface area contributed by atoms with Crippen LogP contribution in [0.3, 0.4) is 0 Å². The summed E-state index contributed by atoms with van der Waals surface area (Å²) in [6.45, 7) is 4.77. The van der Waals surface area contributed by atoms with Crippen LogP contribution >= 0.6 is 0 Å².